The number of hydrogen-bond donors (Lipinski definition) is 2. The van der Waals surface area contributed by atoms with E-state index < -0.39 is 11.7 Å². The third kappa shape index (κ3) is 2.06. The Morgan fingerprint density at radius 1 is 1.23 bits per heavy atom. The van der Waals surface area contributed by atoms with Crippen LogP contribution in [-0.4, -0.2) is 21.9 Å². The molecule has 0 saturated heterocycles. The first kappa shape index (κ1) is 16.3. The molecule has 2 fully saturated rings. The Labute approximate surface area is 135 Å². The molecule has 0 bridgehead atoms. The maximum atomic E-state index is 11.3. The van der Waals surface area contributed by atoms with Crippen molar-refractivity contribution in [2.24, 2.45) is 22.7 Å². The molecule has 2 heteroatoms. The molecular weight excluding hydrogens is 272 g/mol. The molecule has 0 aromatic carbocycles. The van der Waals surface area contributed by atoms with E-state index >= 15 is 0 Å². The van der Waals surface area contributed by atoms with E-state index in [0.29, 0.717) is 5.92 Å². The van der Waals surface area contributed by atoms with Crippen molar-refractivity contribution in [1.82, 2.24) is 0 Å². The van der Waals surface area contributed by atoms with Crippen molar-refractivity contribution in [3.05, 3.63) is 23.8 Å². The summed E-state index contributed by atoms with van der Waals surface area (Å²) >= 11 is 0. The first-order valence-electron chi connectivity index (χ1n) is 8.94. The molecule has 0 aromatic rings. The van der Waals surface area contributed by atoms with Crippen LogP contribution in [0.2, 0.25) is 0 Å². The van der Waals surface area contributed by atoms with E-state index in [9.17, 15) is 10.2 Å². The van der Waals surface area contributed by atoms with E-state index in [2.05, 4.69) is 34.3 Å². The van der Waals surface area contributed by atoms with Gasteiger partial charge in [0.15, 0.2) is 0 Å². The molecule has 3 rings (SSSR count). The normalized spacial score (nSPS) is 48.7. The van der Waals surface area contributed by atoms with Gasteiger partial charge in [0.1, 0.15) is 0 Å². The monoisotopic (exact) mass is 304 g/mol. The second-order valence-electron chi connectivity index (χ2n) is 8.94. The Bertz CT molecular complexity index is 520. The van der Waals surface area contributed by atoms with Crippen LogP contribution in [0.4, 0.5) is 0 Å². The summed E-state index contributed by atoms with van der Waals surface area (Å²) in [5.41, 5.74) is 1.55. The van der Waals surface area contributed by atoms with Crippen LogP contribution in [-0.2, 0) is 0 Å². The Kier molecular flexibility index (Phi) is 3.66. The van der Waals surface area contributed by atoms with Gasteiger partial charge >= 0.3 is 0 Å². The van der Waals surface area contributed by atoms with E-state index in [4.69, 9.17) is 0 Å². The van der Waals surface area contributed by atoms with Crippen LogP contribution >= 0.6 is 0 Å². The SMILES string of the molecule is C=C1CCC[C@@]2(C)[C@H](O)C=C3[C@](C)(CC[C@]3(O)C(C)C)C[C@H]12. The summed E-state index contributed by atoms with van der Waals surface area (Å²) < 4.78 is 0. The zero-order valence-electron chi connectivity index (χ0n) is 14.7. The molecule has 2 nitrogen and oxygen atoms in total. The second kappa shape index (κ2) is 4.95. The predicted molar refractivity (Wildman–Crippen MR) is 90.4 cm³/mol. The largest absolute Gasteiger partial charge is 0.388 e. The van der Waals surface area contributed by atoms with Gasteiger partial charge in [-0.3, -0.25) is 0 Å². The third-order valence-electron chi connectivity index (χ3n) is 7.29. The highest BCUT2D eigenvalue weighted by Gasteiger charge is 2.57. The van der Waals surface area contributed by atoms with Crippen molar-refractivity contribution >= 4 is 0 Å². The van der Waals surface area contributed by atoms with Gasteiger partial charge in [-0.05, 0) is 61.3 Å². The smallest absolute Gasteiger partial charge is 0.0886 e. The van der Waals surface area contributed by atoms with Crippen molar-refractivity contribution in [3.63, 3.8) is 0 Å². The summed E-state index contributed by atoms with van der Waals surface area (Å²) in [4.78, 5) is 0. The molecule has 2 N–H and O–H groups in total. The Morgan fingerprint density at radius 3 is 2.55 bits per heavy atom. The molecule has 0 aromatic heterocycles. The van der Waals surface area contributed by atoms with Crippen molar-refractivity contribution in [1.29, 1.82) is 0 Å². The number of aliphatic hydroxyl groups excluding tert-OH is 1. The van der Waals surface area contributed by atoms with Crippen molar-refractivity contribution in [2.45, 2.75) is 77.9 Å². The maximum Gasteiger partial charge on any atom is 0.0886 e. The van der Waals surface area contributed by atoms with Gasteiger partial charge in [0.05, 0.1) is 11.7 Å². The molecule has 3 aliphatic carbocycles. The van der Waals surface area contributed by atoms with Crippen LogP contribution in [0, 0.1) is 22.7 Å². The molecule has 5 atom stereocenters. The van der Waals surface area contributed by atoms with Crippen LogP contribution in [0.1, 0.15) is 66.2 Å². The molecule has 0 spiro atoms. The minimum atomic E-state index is -0.749. The predicted octanol–water partition coefficient (Wildman–Crippen LogP) is 4.23. The van der Waals surface area contributed by atoms with Crippen LogP contribution in [0.15, 0.2) is 23.8 Å². The van der Waals surface area contributed by atoms with Gasteiger partial charge in [-0.1, -0.05) is 45.9 Å². The van der Waals surface area contributed by atoms with E-state index in [1.807, 2.05) is 6.08 Å². The average molecular weight is 304 g/mol. The molecular formula is C20H32O2. The van der Waals surface area contributed by atoms with Gasteiger partial charge in [0, 0.05) is 5.41 Å². The molecule has 0 amide bonds. The highest BCUT2D eigenvalue weighted by atomic mass is 16.3. The zero-order chi connectivity index (χ0) is 16.3. The number of allylic oxidation sites excluding steroid dienone is 1. The molecule has 0 unspecified atom stereocenters. The lowest BCUT2D eigenvalue weighted by atomic mass is 9.60. The van der Waals surface area contributed by atoms with E-state index in [1.165, 1.54) is 5.57 Å². The van der Waals surface area contributed by atoms with Crippen molar-refractivity contribution in [3.8, 4) is 0 Å². The quantitative estimate of drug-likeness (QED) is 0.712. The van der Waals surface area contributed by atoms with Gasteiger partial charge in [-0.2, -0.15) is 0 Å². The van der Waals surface area contributed by atoms with E-state index in [1.54, 1.807) is 0 Å². The van der Waals surface area contributed by atoms with Crippen molar-refractivity contribution in [2.75, 3.05) is 0 Å². The highest BCUT2D eigenvalue weighted by molar-refractivity contribution is 5.36. The number of hydrogen-bond acceptors (Lipinski definition) is 2. The number of fused-ring (bicyclic) bond motifs is 2. The van der Waals surface area contributed by atoms with Gasteiger partial charge < -0.3 is 10.2 Å². The van der Waals surface area contributed by atoms with Crippen LogP contribution in [0.3, 0.4) is 0 Å². The minimum Gasteiger partial charge on any atom is -0.388 e. The van der Waals surface area contributed by atoms with Gasteiger partial charge in [-0.15, -0.1) is 0 Å². The third-order valence-corrected chi connectivity index (χ3v) is 7.29. The minimum absolute atomic E-state index is 0.00269. The lowest BCUT2D eigenvalue weighted by Gasteiger charge is -2.46. The van der Waals surface area contributed by atoms with Crippen LogP contribution in [0.5, 0.6) is 0 Å². The first-order chi connectivity index (χ1) is 10.1. The molecule has 0 heterocycles. The summed E-state index contributed by atoms with van der Waals surface area (Å²) in [6.07, 6.45) is 7.68. The Balaban J connectivity index is 2.10. The zero-order valence-corrected chi connectivity index (χ0v) is 14.7. The molecule has 22 heavy (non-hydrogen) atoms. The summed E-state index contributed by atoms with van der Waals surface area (Å²) in [5.74, 6) is 0.549. The molecule has 124 valence electrons. The van der Waals surface area contributed by atoms with E-state index in [-0.39, 0.29) is 16.7 Å². The van der Waals surface area contributed by atoms with Crippen LogP contribution < -0.4 is 0 Å². The van der Waals surface area contributed by atoms with Crippen molar-refractivity contribution < 1.29 is 10.2 Å². The second-order valence-corrected chi connectivity index (χ2v) is 8.94. The summed E-state index contributed by atoms with van der Waals surface area (Å²) in [7, 11) is 0. The fourth-order valence-corrected chi connectivity index (χ4v) is 5.46. The summed E-state index contributed by atoms with van der Waals surface area (Å²) in [5, 5.41) is 22.3. The lowest BCUT2D eigenvalue weighted by Crippen LogP contribution is -2.41. The lowest BCUT2D eigenvalue weighted by molar-refractivity contribution is 0.00861. The summed E-state index contributed by atoms with van der Waals surface area (Å²) in [6.45, 7) is 13.0. The highest BCUT2D eigenvalue weighted by Crippen LogP contribution is 2.61. The molecule has 0 aliphatic heterocycles. The van der Waals surface area contributed by atoms with Gasteiger partial charge in [-0.25, -0.2) is 0 Å². The topological polar surface area (TPSA) is 40.5 Å². The first-order valence-corrected chi connectivity index (χ1v) is 8.94. The maximum absolute atomic E-state index is 11.3. The fourth-order valence-electron chi connectivity index (χ4n) is 5.46. The average Bonchev–Trinajstić information content (AvgIpc) is 2.64. The fraction of sp³-hybridized carbons (Fsp3) is 0.800. The van der Waals surface area contributed by atoms with Gasteiger partial charge in [0.25, 0.3) is 0 Å². The summed E-state index contributed by atoms with van der Waals surface area (Å²) in [6, 6.07) is 0. The molecule has 3 aliphatic rings. The standard InChI is InChI=1S/C20H32O2/c1-13(2)20(22)10-9-18(4)12-15-14(3)7-6-8-19(15,5)17(21)11-16(18)20/h11,13,15,17,21-22H,3,6-10,12H2,1-2,4-5H3/t15-,17-,18-,19-,20+/m1/s1. The Morgan fingerprint density at radius 2 is 1.91 bits per heavy atom. The number of aliphatic hydroxyl groups is 2. The Hall–Kier alpha value is -0.600. The number of rotatable bonds is 1. The van der Waals surface area contributed by atoms with Gasteiger partial charge in [0.2, 0.25) is 0 Å². The van der Waals surface area contributed by atoms with Crippen LogP contribution in [0.25, 0.3) is 0 Å². The molecule has 0 radical (unpaired) electrons. The van der Waals surface area contributed by atoms with E-state index in [0.717, 1.165) is 44.1 Å². The molecule has 2 saturated carbocycles.